The van der Waals surface area contributed by atoms with Gasteiger partial charge in [0, 0.05) is 17.7 Å². The van der Waals surface area contributed by atoms with Gasteiger partial charge in [0.25, 0.3) is 5.69 Å². The Hall–Kier alpha value is -3.80. The van der Waals surface area contributed by atoms with Gasteiger partial charge in [-0.2, -0.15) is 4.98 Å². The Balaban J connectivity index is 1.68. The normalized spacial score (nSPS) is 11.2. The molecule has 11 nitrogen and oxygen atoms in total. The minimum absolute atomic E-state index is 0.00590. The predicted molar refractivity (Wildman–Crippen MR) is 112 cm³/mol. The monoisotopic (exact) mass is 445 g/mol. The molecular weight excluding hydrogens is 426 g/mol. The zero-order valence-corrected chi connectivity index (χ0v) is 17.5. The average molecular weight is 445 g/mol. The number of rotatable bonds is 8. The molecule has 0 saturated heterocycles. The number of nitrogens with zero attached hydrogens (tertiary/aromatic N) is 4. The number of hydrogen-bond acceptors (Lipinski definition) is 8. The molecule has 0 bridgehead atoms. The van der Waals surface area contributed by atoms with Crippen molar-refractivity contribution in [2.75, 3.05) is 17.1 Å². The maximum absolute atomic E-state index is 12.3. The first-order chi connectivity index (χ1) is 14.6. The fourth-order valence-corrected chi connectivity index (χ4v) is 3.60. The summed E-state index contributed by atoms with van der Waals surface area (Å²) < 4.78 is 30.2. The van der Waals surface area contributed by atoms with Crippen LogP contribution in [0.2, 0.25) is 0 Å². The summed E-state index contributed by atoms with van der Waals surface area (Å²) in [5.74, 6) is -0.138. The number of benzene rings is 2. The Morgan fingerprint density at radius 1 is 1.23 bits per heavy atom. The van der Waals surface area contributed by atoms with Gasteiger partial charge in [-0.05, 0) is 19.1 Å². The van der Waals surface area contributed by atoms with E-state index in [1.165, 1.54) is 18.2 Å². The van der Waals surface area contributed by atoms with E-state index in [0.717, 1.165) is 27.8 Å². The number of amides is 1. The first kappa shape index (κ1) is 21.9. The van der Waals surface area contributed by atoms with Crippen molar-refractivity contribution in [1.29, 1.82) is 0 Å². The number of nitro groups is 1. The first-order valence-electron chi connectivity index (χ1n) is 9.02. The van der Waals surface area contributed by atoms with Crippen molar-refractivity contribution in [1.82, 2.24) is 15.5 Å². The van der Waals surface area contributed by atoms with Gasteiger partial charge in [-0.15, -0.1) is 0 Å². The molecule has 12 heteroatoms. The lowest BCUT2D eigenvalue weighted by molar-refractivity contribution is -0.384. The van der Waals surface area contributed by atoms with Crippen LogP contribution in [0.5, 0.6) is 0 Å². The molecule has 31 heavy (non-hydrogen) atoms. The maximum Gasteiger partial charge on any atom is 0.271 e. The van der Waals surface area contributed by atoms with Crippen molar-refractivity contribution >= 4 is 27.3 Å². The van der Waals surface area contributed by atoms with E-state index in [1.54, 1.807) is 0 Å². The minimum atomic E-state index is -3.88. The number of aryl methyl sites for hydroxylation is 1. The number of sulfonamides is 1. The molecule has 0 aliphatic heterocycles. The summed E-state index contributed by atoms with van der Waals surface area (Å²) >= 11 is 0. The zero-order chi connectivity index (χ0) is 22.6. The Morgan fingerprint density at radius 3 is 2.65 bits per heavy atom. The summed E-state index contributed by atoms with van der Waals surface area (Å²) in [7, 11) is -3.88. The van der Waals surface area contributed by atoms with Crippen molar-refractivity contribution in [2.45, 2.75) is 13.5 Å². The fourth-order valence-electron chi connectivity index (χ4n) is 2.75. The fraction of sp³-hybridized carbons (Fsp3) is 0.211. The molecule has 1 aromatic heterocycles. The van der Waals surface area contributed by atoms with Crippen LogP contribution < -0.4 is 9.62 Å². The molecule has 0 radical (unpaired) electrons. The van der Waals surface area contributed by atoms with Gasteiger partial charge in [-0.1, -0.05) is 35.0 Å². The number of hydrogen-bond donors (Lipinski definition) is 1. The van der Waals surface area contributed by atoms with E-state index >= 15 is 0 Å². The molecule has 0 aliphatic rings. The lowest BCUT2D eigenvalue weighted by Crippen LogP contribution is -2.40. The van der Waals surface area contributed by atoms with Gasteiger partial charge in [0.05, 0.1) is 23.4 Å². The van der Waals surface area contributed by atoms with Gasteiger partial charge in [-0.25, -0.2) is 8.42 Å². The Kier molecular flexibility index (Phi) is 6.30. The maximum atomic E-state index is 12.3. The number of non-ortho nitro benzene ring substituents is 1. The van der Waals surface area contributed by atoms with Crippen molar-refractivity contribution in [3.8, 4) is 11.4 Å². The van der Waals surface area contributed by atoms with Gasteiger partial charge < -0.3 is 9.84 Å². The number of nitro benzene ring substituents is 1. The topological polar surface area (TPSA) is 149 Å². The molecule has 0 saturated carbocycles. The van der Waals surface area contributed by atoms with E-state index < -0.39 is 27.4 Å². The molecular formula is C19H19N5O6S. The second-order valence-electron chi connectivity index (χ2n) is 6.70. The highest BCUT2D eigenvalue weighted by atomic mass is 32.2. The molecule has 1 heterocycles. The number of anilines is 1. The molecule has 0 fully saturated rings. The summed E-state index contributed by atoms with van der Waals surface area (Å²) in [5, 5.41) is 17.3. The van der Waals surface area contributed by atoms with E-state index in [2.05, 4.69) is 15.5 Å². The van der Waals surface area contributed by atoms with Crippen LogP contribution in [0.1, 0.15) is 11.5 Å². The van der Waals surface area contributed by atoms with E-state index in [-0.39, 0.29) is 23.8 Å². The van der Waals surface area contributed by atoms with Gasteiger partial charge in [0.15, 0.2) is 0 Å². The van der Waals surface area contributed by atoms with Crippen LogP contribution in [0.15, 0.2) is 53.1 Å². The lowest BCUT2D eigenvalue weighted by atomic mass is 10.1. The molecule has 3 aromatic rings. The molecule has 0 aliphatic carbocycles. The SMILES string of the molecule is Cc1cccc(-c2noc(CNC(=O)CN(c3cccc([N+](=O)[O-])c3)S(C)(=O)=O)n2)c1. The molecule has 0 spiro atoms. The molecule has 1 N–H and O–H groups in total. The Morgan fingerprint density at radius 2 is 1.97 bits per heavy atom. The highest BCUT2D eigenvalue weighted by Crippen LogP contribution is 2.23. The molecule has 3 rings (SSSR count). The molecule has 162 valence electrons. The van der Waals surface area contributed by atoms with Gasteiger partial charge in [0.1, 0.15) is 6.54 Å². The van der Waals surface area contributed by atoms with Crippen molar-refractivity contribution < 1.29 is 22.7 Å². The quantitative estimate of drug-likeness (QED) is 0.409. The Labute approximate surface area is 177 Å². The summed E-state index contributed by atoms with van der Waals surface area (Å²) in [5.41, 5.74) is 1.50. The molecule has 0 atom stereocenters. The van der Waals surface area contributed by atoms with Gasteiger partial charge in [0.2, 0.25) is 27.6 Å². The summed E-state index contributed by atoms with van der Waals surface area (Å²) in [4.78, 5) is 26.9. The molecule has 1 amide bonds. The second kappa shape index (κ2) is 8.92. The van der Waals surface area contributed by atoms with Crippen molar-refractivity contribution in [2.24, 2.45) is 0 Å². The number of carbonyl (C=O) groups excluding carboxylic acids is 1. The van der Waals surface area contributed by atoms with Crippen molar-refractivity contribution in [3.05, 3.63) is 70.1 Å². The Bertz CT molecular complexity index is 1220. The highest BCUT2D eigenvalue weighted by Gasteiger charge is 2.23. The third-order valence-electron chi connectivity index (χ3n) is 4.20. The first-order valence-corrected chi connectivity index (χ1v) is 10.9. The molecule has 2 aromatic carbocycles. The van der Waals surface area contributed by atoms with E-state index in [1.807, 2.05) is 31.2 Å². The summed E-state index contributed by atoms with van der Waals surface area (Å²) in [6.07, 6.45) is 0.908. The number of nitrogens with one attached hydrogen (secondary N) is 1. The van der Waals surface area contributed by atoms with E-state index in [9.17, 15) is 23.3 Å². The van der Waals surface area contributed by atoms with E-state index in [0.29, 0.717) is 5.82 Å². The zero-order valence-electron chi connectivity index (χ0n) is 16.7. The molecule has 0 unspecified atom stereocenters. The third-order valence-corrected chi connectivity index (χ3v) is 5.34. The number of carbonyl (C=O) groups is 1. The average Bonchev–Trinajstić information content (AvgIpc) is 3.19. The second-order valence-corrected chi connectivity index (χ2v) is 8.61. The predicted octanol–water partition coefficient (Wildman–Crippen LogP) is 2.04. The standard InChI is InChI=1S/C19H19N5O6S/c1-13-5-3-6-14(9-13)19-21-18(30-22-19)11-20-17(25)12-23(31(2,28)29)15-7-4-8-16(10-15)24(26)27/h3-10H,11-12H2,1-2H3,(H,20,25). The summed E-state index contributed by atoms with van der Waals surface area (Å²) in [6.45, 7) is 1.25. The van der Waals surface area contributed by atoms with Crippen LogP contribution >= 0.6 is 0 Å². The van der Waals surface area contributed by atoms with Crippen LogP contribution in [-0.2, 0) is 21.4 Å². The lowest BCUT2D eigenvalue weighted by Gasteiger charge is -2.21. The van der Waals surface area contributed by atoms with Crippen LogP contribution in [0.25, 0.3) is 11.4 Å². The minimum Gasteiger partial charge on any atom is -0.345 e. The number of aromatic nitrogens is 2. The van der Waals surface area contributed by atoms with Gasteiger partial charge in [-0.3, -0.25) is 19.2 Å². The van der Waals surface area contributed by atoms with Crippen LogP contribution in [0.4, 0.5) is 11.4 Å². The largest absolute Gasteiger partial charge is 0.345 e. The van der Waals surface area contributed by atoms with Crippen LogP contribution in [-0.4, -0.2) is 42.2 Å². The third kappa shape index (κ3) is 5.63. The summed E-state index contributed by atoms with van der Waals surface area (Å²) in [6, 6.07) is 12.5. The highest BCUT2D eigenvalue weighted by molar-refractivity contribution is 7.92. The smallest absolute Gasteiger partial charge is 0.271 e. The van der Waals surface area contributed by atoms with Crippen molar-refractivity contribution in [3.63, 3.8) is 0 Å². The van der Waals surface area contributed by atoms with Crippen LogP contribution in [0, 0.1) is 17.0 Å². The van der Waals surface area contributed by atoms with Gasteiger partial charge >= 0.3 is 0 Å². The van der Waals surface area contributed by atoms with Crippen LogP contribution in [0.3, 0.4) is 0 Å². The van der Waals surface area contributed by atoms with E-state index in [4.69, 9.17) is 4.52 Å².